The molecule has 2 rings (SSSR count). The summed E-state index contributed by atoms with van der Waals surface area (Å²) < 4.78 is 10.8. The van der Waals surface area contributed by atoms with Gasteiger partial charge in [0.2, 0.25) is 0 Å². The van der Waals surface area contributed by atoms with Crippen molar-refractivity contribution in [2.45, 2.75) is 39.9 Å². The van der Waals surface area contributed by atoms with Crippen molar-refractivity contribution in [3.63, 3.8) is 0 Å². The summed E-state index contributed by atoms with van der Waals surface area (Å²) in [6, 6.07) is 15.6. The lowest BCUT2D eigenvalue weighted by atomic mass is 10.2. The Morgan fingerprint density at radius 3 is 2.18 bits per heavy atom. The van der Waals surface area contributed by atoms with E-state index >= 15 is 0 Å². The normalized spacial score (nSPS) is 10.9. The molecule has 10 heteroatoms. The fourth-order valence-corrected chi connectivity index (χ4v) is 3.14. The van der Waals surface area contributed by atoms with Gasteiger partial charge in [0.1, 0.15) is 17.9 Å². The number of rotatable bonds is 8. The molecule has 0 saturated heterocycles. The van der Waals surface area contributed by atoms with E-state index in [-0.39, 0.29) is 25.4 Å². The molecule has 0 heterocycles. The van der Waals surface area contributed by atoms with E-state index in [1.54, 1.807) is 43.9 Å². The van der Waals surface area contributed by atoms with Crippen LogP contribution in [0.1, 0.15) is 33.3 Å². The number of hydrazine groups is 1. The maximum atomic E-state index is 12.9. The Bertz CT molecular complexity index is 977. The Hall–Kier alpha value is -3.82. The standard InChI is InChI=1S/C24H32N4O6/c1-6-26(20-14-10-11-15-21(20)28(31)32)16-17-27(23(30)34-24(2,3)4)25(5)22(29)33-18-19-12-8-7-9-13-19/h7-15H,6,16-18H2,1-5H3. The monoisotopic (exact) mass is 472 g/mol. The lowest BCUT2D eigenvalue weighted by molar-refractivity contribution is -0.384. The predicted octanol–water partition coefficient (Wildman–Crippen LogP) is 4.84. The van der Waals surface area contributed by atoms with E-state index < -0.39 is 22.7 Å². The van der Waals surface area contributed by atoms with Gasteiger partial charge in [0.15, 0.2) is 0 Å². The first-order valence-electron chi connectivity index (χ1n) is 11.0. The summed E-state index contributed by atoms with van der Waals surface area (Å²) in [6.07, 6.45) is -1.46. The van der Waals surface area contributed by atoms with E-state index in [0.29, 0.717) is 12.2 Å². The first-order valence-corrected chi connectivity index (χ1v) is 11.0. The van der Waals surface area contributed by atoms with Crippen LogP contribution in [0.3, 0.4) is 0 Å². The zero-order chi connectivity index (χ0) is 25.3. The molecule has 2 aromatic rings. The van der Waals surface area contributed by atoms with E-state index in [1.807, 2.05) is 37.3 Å². The van der Waals surface area contributed by atoms with E-state index in [0.717, 1.165) is 15.6 Å². The number of benzene rings is 2. The fraction of sp³-hybridized carbons (Fsp3) is 0.417. The second-order valence-corrected chi connectivity index (χ2v) is 8.49. The molecule has 0 aliphatic rings. The van der Waals surface area contributed by atoms with Gasteiger partial charge in [-0.05, 0) is 39.3 Å². The van der Waals surface area contributed by atoms with Crippen LogP contribution in [0, 0.1) is 10.1 Å². The highest BCUT2D eigenvalue weighted by atomic mass is 16.6. The summed E-state index contributed by atoms with van der Waals surface area (Å²) in [5, 5.41) is 13.7. The predicted molar refractivity (Wildman–Crippen MR) is 128 cm³/mol. The minimum atomic E-state index is -0.785. The molecule has 0 unspecified atom stereocenters. The van der Waals surface area contributed by atoms with Crippen LogP contribution in [-0.4, -0.2) is 59.4 Å². The highest BCUT2D eigenvalue weighted by molar-refractivity contribution is 5.74. The first-order chi connectivity index (χ1) is 16.0. The Morgan fingerprint density at radius 1 is 0.971 bits per heavy atom. The molecule has 0 aliphatic heterocycles. The molecule has 10 nitrogen and oxygen atoms in total. The second kappa shape index (κ2) is 11.9. The lowest BCUT2D eigenvalue weighted by Crippen LogP contribution is -2.52. The molecule has 0 radical (unpaired) electrons. The molecule has 0 bridgehead atoms. The van der Waals surface area contributed by atoms with Gasteiger partial charge in [-0.15, -0.1) is 0 Å². The van der Waals surface area contributed by atoms with E-state index in [4.69, 9.17) is 9.47 Å². The smallest absolute Gasteiger partial charge is 0.429 e. The number of anilines is 1. The van der Waals surface area contributed by atoms with Crippen LogP contribution >= 0.6 is 0 Å². The Morgan fingerprint density at radius 2 is 1.59 bits per heavy atom. The van der Waals surface area contributed by atoms with Gasteiger partial charge in [0, 0.05) is 26.2 Å². The maximum Gasteiger partial charge on any atom is 0.429 e. The summed E-state index contributed by atoms with van der Waals surface area (Å²) in [6.45, 7) is 7.78. The third-order valence-corrected chi connectivity index (χ3v) is 4.82. The minimum absolute atomic E-state index is 0.0335. The lowest BCUT2D eigenvalue weighted by Gasteiger charge is -2.34. The summed E-state index contributed by atoms with van der Waals surface area (Å²) in [5.41, 5.74) is 0.408. The highest BCUT2D eigenvalue weighted by Crippen LogP contribution is 2.27. The van der Waals surface area contributed by atoms with E-state index in [1.165, 1.54) is 13.1 Å². The van der Waals surface area contributed by atoms with Crippen LogP contribution in [0.2, 0.25) is 0 Å². The third-order valence-electron chi connectivity index (χ3n) is 4.82. The topological polar surface area (TPSA) is 105 Å². The molecule has 0 aliphatic carbocycles. The number of carbonyl (C=O) groups excluding carboxylic acids is 2. The van der Waals surface area contributed by atoms with Gasteiger partial charge >= 0.3 is 12.2 Å². The van der Waals surface area contributed by atoms with Crippen molar-refractivity contribution in [3.8, 4) is 0 Å². The molecule has 2 amide bonds. The largest absolute Gasteiger partial charge is 0.443 e. The Kier molecular flexibility index (Phi) is 9.23. The van der Waals surface area contributed by atoms with Crippen molar-refractivity contribution in [1.82, 2.24) is 10.0 Å². The van der Waals surface area contributed by atoms with Gasteiger partial charge < -0.3 is 14.4 Å². The number of hydrogen-bond acceptors (Lipinski definition) is 7. The zero-order valence-corrected chi connectivity index (χ0v) is 20.3. The molecule has 34 heavy (non-hydrogen) atoms. The molecular weight excluding hydrogens is 440 g/mol. The Labute approximate surface area is 199 Å². The number of nitro benzene ring substituents is 1. The van der Waals surface area contributed by atoms with Crippen molar-refractivity contribution < 1.29 is 24.0 Å². The highest BCUT2D eigenvalue weighted by Gasteiger charge is 2.29. The van der Waals surface area contributed by atoms with Gasteiger partial charge in [-0.25, -0.2) is 19.6 Å². The molecule has 0 atom stereocenters. The van der Waals surface area contributed by atoms with Crippen molar-refractivity contribution >= 4 is 23.6 Å². The molecule has 0 spiro atoms. The fourth-order valence-electron chi connectivity index (χ4n) is 3.14. The van der Waals surface area contributed by atoms with Gasteiger partial charge in [-0.1, -0.05) is 42.5 Å². The van der Waals surface area contributed by atoms with Crippen LogP contribution in [0.4, 0.5) is 21.0 Å². The number of ether oxygens (including phenoxy) is 2. The number of carbonyl (C=O) groups is 2. The van der Waals surface area contributed by atoms with Crippen LogP contribution in [-0.2, 0) is 16.1 Å². The summed E-state index contributed by atoms with van der Waals surface area (Å²) >= 11 is 0. The summed E-state index contributed by atoms with van der Waals surface area (Å²) in [4.78, 5) is 38.4. The number of hydrogen-bond donors (Lipinski definition) is 0. The minimum Gasteiger partial charge on any atom is -0.443 e. The molecule has 0 saturated carbocycles. The summed E-state index contributed by atoms with van der Waals surface area (Å²) in [5.74, 6) is 0. The van der Waals surface area contributed by atoms with Crippen LogP contribution in [0.5, 0.6) is 0 Å². The molecule has 0 N–H and O–H groups in total. The average Bonchev–Trinajstić information content (AvgIpc) is 2.79. The van der Waals surface area contributed by atoms with Crippen molar-refractivity contribution in [1.29, 1.82) is 0 Å². The number of likely N-dealkylation sites (N-methyl/N-ethyl adjacent to an activating group) is 1. The van der Waals surface area contributed by atoms with Crippen molar-refractivity contribution in [2.24, 2.45) is 0 Å². The van der Waals surface area contributed by atoms with Gasteiger partial charge in [-0.3, -0.25) is 10.1 Å². The van der Waals surface area contributed by atoms with E-state index in [9.17, 15) is 19.7 Å². The molecule has 2 aromatic carbocycles. The first kappa shape index (κ1) is 26.4. The molecule has 0 aromatic heterocycles. The number of para-hydroxylation sites is 2. The van der Waals surface area contributed by atoms with Gasteiger partial charge in [0.25, 0.3) is 5.69 Å². The van der Waals surface area contributed by atoms with E-state index in [2.05, 4.69) is 0 Å². The molecule has 0 fully saturated rings. The third kappa shape index (κ3) is 7.65. The number of amides is 2. The van der Waals surface area contributed by atoms with Gasteiger partial charge in [-0.2, -0.15) is 0 Å². The molecular formula is C24H32N4O6. The van der Waals surface area contributed by atoms with Crippen LogP contribution < -0.4 is 4.90 Å². The zero-order valence-electron chi connectivity index (χ0n) is 20.3. The van der Waals surface area contributed by atoms with Crippen molar-refractivity contribution in [2.75, 3.05) is 31.6 Å². The summed E-state index contributed by atoms with van der Waals surface area (Å²) in [7, 11) is 1.42. The number of nitro groups is 1. The van der Waals surface area contributed by atoms with Crippen molar-refractivity contribution in [3.05, 3.63) is 70.3 Å². The maximum absolute atomic E-state index is 12.9. The number of nitrogens with zero attached hydrogens (tertiary/aromatic N) is 4. The quantitative estimate of drug-likeness (QED) is 0.400. The van der Waals surface area contributed by atoms with Gasteiger partial charge in [0.05, 0.1) is 11.5 Å². The van der Waals surface area contributed by atoms with Crippen LogP contribution in [0.15, 0.2) is 54.6 Å². The molecule has 184 valence electrons. The second-order valence-electron chi connectivity index (χ2n) is 8.49. The Balaban J connectivity index is 2.18. The average molecular weight is 473 g/mol. The SMILES string of the molecule is CCN(CCN(C(=O)OC(C)(C)C)N(C)C(=O)OCc1ccccc1)c1ccccc1[N+](=O)[O-]. The van der Waals surface area contributed by atoms with Crippen LogP contribution in [0.25, 0.3) is 0 Å².